The zero-order valence-corrected chi connectivity index (χ0v) is 12.6. The lowest BCUT2D eigenvalue weighted by Crippen LogP contribution is -2.11. The van der Waals surface area contributed by atoms with E-state index in [9.17, 15) is 0 Å². The molecule has 1 N–H and O–H groups in total. The number of halogens is 1. The lowest BCUT2D eigenvalue weighted by atomic mass is 10.2. The number of benzene rings is 1. The number of nitrogens with one attached hydrogen (secondary N) is 1. The van der Waals surface area contributed by atoms with Crippen molar-refractivity contribution in [2.45, 2.75) is 32.9 Å². The lowest BCUT2D eigenvalue weighted by Gasteiger charge is -2.16. The van der Waals surface area contributed by atoms with Gasteiger partial charge in [0.25, 0.3) is 0 Å². The molecule has 102 valence electrons. The molecule has 0 aliphatic rings. The van der Waals surface area contributed by atoms with Gasteiger partial charge in [-0.1, -0.05) is 30.7 Å². The van der Waals surface area contributed by atoms with Crippen LogP contribution < -0.4 is 10.1 Å². The number of hydrogen-bond donors (Lipinski definition) is 1. The van der Waals surface area contributed by atoms with E-state index < -0.39 is 0 Å². The van der Waals surface area contributed by atoms with E-state index >= 15 is 0 Å². The molecule has 3 nitrogen and oxygen atoms in total. The van der Waals surface area contributed by atoms with E-state index in [0.717, 1.165) is 22.7 Å². The summed E-state index contributed by atoms with van der Waals surface area (Å²) in [5.41, 5.74) is 0.993. The summed E-state index contributed by atoms with van der Waals surface area (Å²) in [4.78, 5) is 5.13. The van der Waals surface area contributed by atoms with Crippen molar-refractivity contribution < 1.29 is 4.74 Å². The number of hydrogen-bond acceptors (Lipinski definition) is 4. The molecule has 0 amide bonds. The van der Waals surface area contributed by atoms with Gasteiger partial charge in [-0.2, -0.15) is 0 Å². The van der Waals surface area contributed by atoms with Gasteiger partial charge in [0.2, 0.25) is 0 Å². The molecular weight excluding hydrogens is 280 g/mol. The lowest BCUT2D eigenvalue weighted by molar-refractivity contribution is 0.218. The average molecular weight is 297 g/mol. The topological polar surface area (TPSA) is 34.1 Å². The van der Waals surface area contributed by atoms with Crippen LogP contribution in [0.3, 0.4) is 0 Å². The molecule has 1 heterocycles. The molecule has 0 aliphatic carbocycles. The quantitative estimate of drug-likeness (QED) is 0.847. The second-order valence-electron chi connectivity index (χ2n) is 4.27. The molecule has 1 unspecified atom stereocenters. The predicted octanol–water partition coefficient (Wildman–Crippen LogP) is 4.59. The highest BCUT2D eigenvalue weighted by atomic mass is 35.5. The van der Waals surface area contributed by atoms with Crippen LogP contribution in [0.25, 0.3) is 0 Å². The van der Waals surface area contributed by atoms with Gasteiger partial charge in [0, 0.05) is 11.1 Å². The molecule has 0 radical (unpaired) electrons. The van der Waals surface area contributed by atoms with Crippen LogP contribution in [0.1, 0.15) is 25.1 Å². The zero-order valence-electron chi connectivity index (χ0n) is 11.0. The fraction of sp³-hybridized carbons (Fsp3) is 0.357. The SMILES string of the molecule is CCC(C)Oc1ccccc1NCc1cnc(Cl)s1. The van der Waals surface area contributed by atoms with Gasteiger partial charge in [0.1, 0.15) is 5.75 Å². The minimum absolute atomic E-state index is 0.209. The number of anilines is 1. The molecule has 0 fully saturated rings. The molecule has 1 aromatic carbocycles. The maximum atomic E-state index is 5.89. The molecular formula is C14H17ClN2OS. The van der Waals surface area contributed by atoms with Gasteiger partial charge in [-0.15, -0.1) is 11.3 Å². The van der Waals surface area contributed by atoms with Gasteiger partial charge in [0.15, 0.2) is 4.47 Å². The Balaban J connectivity index is 2.03. The van der Waals surface area contributed by atoms with Gasteiger partial charge in [0.05, 0.1) is 18.3 Å². The van der Waals surface area contributed by atoms with Gasteiger partial charge in [-0.3, -0.25) is 0 Å². The summed E-state index contributed by atoms with van der Waals surface area (Å²) in [5.74, 6) is 0.882. The first-order valence-electron chi connectivity index (χ1n) is 6.28. The van der Waals surface area contributed by atoms with Crippen molar-refractivity contribution >= 4 is 28.6 Å². The van der Waals surface area contributed by atoms with Crippen LogP contribution in [0.2, 0.25) is 4.47 Å². The van der Waals surface area contributed by atoms with Crippen LogP contribution in [0, 0.1) is 0 Å². The highest BCUT2D eigenvalue weighted by Crippen LogP contribution is 2.27. The summed E-state index contributed by atoms with van der Waals surface area (Å²) in [5, 5.41) is 3.36. The summed E-state index contributed by atoms with van der Waals surface area (Å²) < 4.78 is 6.46. The maximum Gasteiger partial charge on any atom is 0.183 e. The van der Waals surface area contributed by atoms with Crippen molar-refractivity contribution in [1.82, 2.24) is 4.98 Å². The Morgan fingerprint density at radius 3 is 2.89 bits per heavy atom. The summed E-state index contributed by atoms with van der Waals surface area (Å²) in [6, 6.07) is 7.96. The van der Waals surface area contributed by atoms with Crippen LogP contribution in [0.5, 0.6) is 5.75 Å². The van der Waals surface area contributed by atoms with E-state index in [4.69, 9.17) is 16.3 Å². The first kappa shape index (κ1) is 14.2. The monoisotopic (exact) mass is 296 g/mol. The standard InChI is InChI=1S/C14H17ClN2OS/c1-3-10(2)18-13-7-5-4-6-12(13)16-8-11-9-17-14(15)19-11/h4-7,9-10,16H,3,8H2,1-2H3. The molecule has 0 aliphatic heterocycles. The highest BCUT2D eigenvalue weighted by molar-refractivity contribution is 7.15. The minimum Gasteiger partial charge on any atom is -0.489 e. The second-order valence-corrected chi connectivity index (χ2v) is 5.96. The number of thiazole rings is 1. The first-order valence-corrected chi connectivity index (χ1v) is 7.48. The van der Waals surface area contributed by atoms with E-state index in [0.29, 0.717) is 11.0 Å². The molecule has 0 saturated heterocycles. The Morgan fingerprint density at radius 2 is 2.21 bits per heavy atom. The van der Waals surface area contributed by atoms with E-state index in [-0.39, 0.29) is 6.10 Å². The Bertz CT molecular complexity index is 530. The molecule has 2 rings (SSSR count). The van der Waals surface area contributed by atoms with Crippen molar-refractivity contribution in [3.8, 4) is 5.75 Å². The number of rotatable bonds is 6. The molecule has 5 heteroatoms. The molecule has 1 atom stereocenters. The summed E-state index contributed by atoms with van der Waals surface area (Å²) in [6.45, 7) is 4.88. The normalized spacial score (nSPS) is 12.2. The average Bonchev–Trinajstić information content (AvgIpc) is 2.83. The Kier molecular flexibility index (Phi) is 5.05. The number of nitrogens with zero attached hydrogens (tertiary/aromatic N) is 1. The summed E-state index contributed by atoms with van der Waals surface area (Å²) >= 11 is 7.30. The van der Waals surface area contributed by atoms with Crippen LogP contribution in [0.4, 0.5) is 5.69 Å². The third kappa shape index (κ3) is 4.11. The molecule has 0 bridgehead atoms. The smallest absolute Gasteiger partial charge is 0.183 e. The van der Waals surface area contributed by atoms with Crippen molar-refractivity contribution in [2.24, 2.45) is 0 Å². The van der Waals surface area contributed by atoms with E-state index in [1.165, 1.54) is 11.3 Å². The van der Waals surface area contributed by atoms with Crippen molar-refractivity contribution in [1.29, 1.82) is 0 Å². The van der Waals surface area contributed by atoms with Crippen molar-refractivity contribution in [3.05, 3.63) is 39.8 Å². The van der Waals surface area contributed by atoms with Gasteiger partial charge in [-0.25, -0.2) is 4.98 Å². The predicted molar refractivity (Wildman–Crippen MR) is 81.3 cm³/mol. The molecule has 0 saturated carbocycles. The largest absolute Gasteiger partial charge is 0.489 e. The van der Waals surface area contributed by atoms with E-state index in [1.807, 2.05) is 24.3 Å². The summed E-state index contributed by atoms with van der Waals surface area (Å²) in [6.07, 6.45) is 2.98. The van der Waals surface area contributed by atoms with E-state index in [1.54, 1.807) is 6.20 Å². The van der Waals surface area contributed by atoms with Crippen LogP contribution in [-0.2, 0) is 6.54 Å². The van der Waals surface area contributed by atoms with Crippen LogP contribution >= 0.6 is 22.9 Å². The fourth-order valence-electron chi connectivity index (χ4n) is 1.56. The Labute approximate surface area is 122 Å². The van der Waals surface area contributed by atoms with Crippen LogP contribution in [-0.4, -0.2) is 11.1 Å². The number of aromatic nitrogens is 1. The number of ether oxygens (including phenoxy) is 1. The van der Waals surface area contributed by atoms with Gasteiger partial charge in [-0.05, 0) is 25.5 Å². The minimum atomic E-state index is 0.209. The summed E-state index contributed by atoms with van der Waals surface area (Å²) in [7, 11) is 0. The first-order chi connectivity index (χ1) is 9.19. The van der Waals surface area contributed by atoms with Crippen molar-refractivity contribution in [3.63, 3.8) is 0 Å². The molecule has 19 heavy (non-hydrogen) atoms. The number of para-hydroxylation sites is 2. The van der Waals surface area contributed by atoms with E-state index in [2.05, 4.69) is 24.1 Å². The third-order valence-corrected chi connectivity index (χ3v) is 3.88. The molecule has 0 spiro atoms. The van der Waals surface area contributed by atoms with Gasteiger partial charge >= 0.3 is 0 Å². The van der Waals surface area contributed by atoms with Gasteiger partial charge < -0.3 is 10.1 Å². The molecule has 2 aromatic rings. The third-order valence-electron chi connectivity index (χ3n) is 2.77. The highest BCUT2D eigenvalue weighted by Gasteiger charge is 2.07. The second kappa shape index (κ2) is 6.78. The Morgan fingerprint density at radius 1 is 1.42 bits per heavy atom. The maximum absolute atomic E-state index is 5.89. The zero-order chi connectivity index (χ0) is 13.7. The molecule has 1 aromatic heterocycles. The van der Waals surface area contributed by atoms with Crippen molar-refractivity contribution in [2.75, 3.05) is 5.32 Å². The van der Waals surface area contributed by atoms with Crippen LogP contribution in [0.15, 0.2) is 30.5 Å². The Hall–Kier alpha value is -1.26. The fourth-order valence-corrected chi connectivity index (χ4v) is 2.48.